The predicted octanol–water partition coefficient (Wildman–Crippen LogP) is 3.08. The van der Waals surface area contributed by atoms with E-state index < -0.39 is 11.7 Å². The summed E-state index contributed by atoms with van der Waals surface area (Å²) < 4.78 is 43.1. The summed E-state index contributed by atoms with van der Waals surface area (Å²) in [6.07, 6.45) is -1.03. The van der Waals surface area contributed by atoms with E-state index >= 15 is 0 Å². The van der Waals surface area contributed by atoms with Crippen molar-refractivity contribution in [3.05, 3.63) is 18.0 Å². The van der Waals surface area contributed by atoms with Gasteiger partial charge in [-0.15, -0.1) is 0 Å². The van der Waals surface area contributed by atoms with E-state index in [9.17, 15) is 18.0 Å². The summed E-state index contributed by atoms with van der Waals surface area (Å²) >= 11 is 2.00. The fourth-order valence-corrected chi connectivity index (χ4v) is 4.20. The van der Waals surface area contributed by atoms with E-state index in [-0.39, 0.29) is 18.1 Å². The molecular formula is C14H16F3IN4O2S. The molecule has 11 heteroatoms. The average Bonchev–Trinajstić information content (AvgIpc) is 2.96. The summed E-state index contributed by atoms with van der Waals surface area (Å²) in [5.74, 6) is 0.315. The quantitative estimate of drug-likeness (QED) is 0.480. The molecule has 25 heavy (non-hydrogen) atoms. The van der Waals surface area contributed by atoms with Gasteiger partial charge in [0, 0.05) is 65.7 Å². The molecule has 1 aromatic heterocycles. The lowest BCUT2D eigenvalue weighted by atomic mass is 10.0. The van der Waals surface area contributed by atoms with Gasteiger partial charge in [0.1, 0.15) is 0 Å². The van der Waals surface area contributed by atoms with Gasteiger partial charge in [0.2, 0.25) is 5.95 Å². The second-order valence-corrected chi connectivity index (χ2v) is 7.35. The summed E-state index contributed by atoms with van der Waals surface area (Å²) in [6, 6.07) is 0.131. The second kappa shape index (κ2) is 7.82. The summed E-state index contributed by atoms with van der Waals surface area (Å²) in [4.78, 5) is 23.7. The predicted molar refractivity (Wildman–Crippen MR) is 95.1 cm³/mol. The molecule has 0 aromatic carbocycles. The maximum Gasteiger partial charge on any atom is 0.419 e. The van der Waals surface area contributed by atoms with Crippen LogP contribution in [0.3, 0.4) is 0 Å². The van der Waals surface area contributed by atoms with Crippen LogP contribution in [0.5, 0.6) is 0 Å². The number of nitrogens with zero attached hydrogens (tertiary/aromatic N) is 4. The molecule has 1 unspecified atom stereocenters. The smallest absolute Gasteiger partial charge is 0.341 e. The van der Waals surface area contributed by atoms with Crippen LogP contribution in [0, 0.1) is 0 Å². The number of piperidine rings is 1. The molecule has 0 N–H and O–H groups in total. The van der Waals surface area contributed by atoms with Gasteiger partial charge in [-0.3, -0.25) is 8.98 Å². The van der Waals surface area contributed by atoms with Gasteiger partial charge in [-0.2, -0.15) is 13.2 Å². The molecule has 2 aliphatic heterocycles. The first-order valence-corrected chi connectivity index (χ1v) is 11.1. The van der Waals surface area contributed by atoms with Gasteiger partial charge in [0.25, 0.3) is 5.91 Å². The molecule has 3 heterocycles. The maximum absolute atomic E-state index is 12.6. The van der Waals surface area contributed by atoms with E-state index in [1.165, 1.54) is 9.21 Å². The zero-order chi connectivity index (χ0) is 18.0. The summed E-state index contributed by atoms with van der Waals surface area (Å²) in [6.45, 7) is 1.89. The van der Waals surface area contributed by atoms with E-state index in [4.69, 9.17) is 4.18 Å². The van der Waals surface area contributed by atoms with E-state index in [1.54, 1.807) is 0 Å². The lowest BCUT2D eigenvalue weighted by Crippen LogP contribution is -2.47. The summed E-state index contributed by atoms with van der Waals surface area (Å²) in [5.41, 5.74) is -0.854. The minimum atomic E-state index is -4.43. The van der Waals surface area contributed by atoms with Gasteiger partial charge in [0.05, 0.1) is 14.8 Å². The molecule has 1 atom stereocenters. The number of aromatic nitrogens is 2. The number of carbonyl (C=O) groups excluding carboxylic acids is 1. The van der Waals surface area contributed by atoms with Crippen LogP contribution in [0.1, 0.15) is 24.8 Å². The Morgan fingerprint density at radius 3 is 2.36 bits per heavy atom. The monoisotopic (exact) mass is 488 g/mol. The minimum absolute atomic E-state index is 0.0217. The third kappa shape index (κ3) is 4.30. The van der Waals surface area contributed by atoms with Gasteiger partial charge in [-0.25, -0.2) is 9.97 Å². The largest absolute Gasteiger partial charge is 0.419 e. The highest BCUT2D eigenvalue weighted by Gasteiger charge is 2.38. The topological polar surface area (TPSA) is 58.6 Å². The van der Waals surface area contributed by atoms with Crippen LogP contribution in [0.4, 0.5) is 19.1 Å². The number of hydrogen-bond donors (Lipinski definition) is 0. The molecule has 0 saturated carbocycles. The van der Waals surface area contributed by atoms with Crippen molar-refractivity contribution >= 4 is 42.3 Å². The third-order valence-electron chi connectivity index (χ3n) is 4.50. The Hall–Kier alpha value is -0.820. The number of hydrogen-bond acceptors (Lipinski definition) is 6. The fraction of sp³-hybridized carbons (Fsp3) is 0.643. The third-order valence-corrected chi connectivity index (χ3v) is 5.42. The number of amides is 1. The first-order valence-electron chi connectivity index (χ1n) is 7.79. The van der Waals surface area contributed by atoms with Crippen LogP contribution < -0.4 is 4.90 Å². The highest BCUT2D eigenvalue weighted by atomic mass is 127. The molecule has 2 aliphatic rings. The van der Waals surface area contributed by atoms with Crippen LogP contribution >= 0.6 is 30.4 Å². The van der Waals surface area contributed by atoms with Crippen molar-refractivity contribution in [1.82, 2.24) is 14.9 Å². The normalized spacial score (nSPS) is 22.7. The molecule has 0 radical (unpaired) electrons. The minimum Gasteiger partial charge on any atom is -0.341 e. The van der Waals surface area contributed by atoms with Crippen molar-refractivity contribution in [3.63, 3.8) is 0 Å². The number of halogens is 4. The Bertz CT molecular complexity index is 611. The molecular weight excluding hydrogens is 472 g/mol. The molecule has 0 aliphatic carbocycles. The van der Waals surface area contributed by atoms with E-state index in [1.807, 2.05) is 31.0 Å². The highest BCUT2D eigenvalue weighted by molar-refractivity contribution is 14.2. The Balaban J connectivity index is 1.56. The highest BCUT2D eigenvalue weighted by Crippen LogP contribution is 2.30. The molecule has 3 rings (SSSR count). The van der Waals surface area contributed by atoms with Crippen molar-refractivity contribution in [2.75, 3.05) is 24.5 Å². The Kier molecular flexibility index (Phi) is 5.93. The van der Waals surface area contributed by atoms with Crippen LogP contribution in [-0.4, -0.2) is 52.6 Å². The van der Waals surface area contributed by atoms with Crippen molar-refractivity contribution in [3.8, 4) is 0 Å². The maximum atomic E-state index is 12.6. The van der Waals surface area contributed by atoms with Gasteiger partial charge in [0.15, 0.2) is 6.10 Å². The zero-order valence-electron chi connectivity index (χ0n) is 13.1. The summed E-state index contributed by atoms with van der Waals surface area (Å²) in [7, 11) is 1.17. The SMILES string of the molecule is O=C1C(OSI)CCN1C1CCN(c2ncc(C(F)(F)F)cn2)CC1. The van der Waals surface area contributed by atoms with Crippen molar-refractivity contribution in [2.45, 2.75) is 37.6 Å². The molecule has 0 bridgehead atoms. The van der Waals surface area contributed by atoms with E-state index in [0.29, 0.717) is 32.0 Å². The second-order valence-electron chi connectivity index (χ2n) is 5.96. The van der Waals surface area contributed by atoms with Crippen molar-refractivity contribution < 1.29 is 22.1 Å². The van der Waals surface area contributed by atoms with Crippen LogP contribution in [0.25, 0.3) is 0 Å². The van der Waals surface area contributed by atoms with Crippen LogP contribution in [-0.2, 0) is 15.2 Å². The zero-order valence-corrected chi connectivity index (χ0v) is 16.1. The molecule has 0 spiro atoms. The van der Waals surface area contributed by atoms with Crippen molar-refractivity contribution in [1.29, 1.82) is 0 Å². The van der Waals surface area contributed by atoms with E-state index in [0.717, 1.165) is 25.2 Å². The fourth-order valence-electron chi connectivity index (χ4n) is 3.18. The number of rotatable bonds is 4. The van der Waals surface area contributed by atoms with Crippen LogP contribution in [0.2, 0.25) is 0 Å². The summed E-state index contributed by atoms with van der Waals surface area (Å²) in [5, 5.41) is 0. The van der Waals surface area contributed by atoms with Gasteiger partial charge >= 0.3 is 6.18 Å². The van der Waals surface area contributed by atoms with Gasteiger partial charge < -0.3 is 9.80 Å². The molecule has 2 fully saturated rings. The lowest BCUT2D eigenvalue weighted by Gasteiger charge is -2.36. The number of anilines is 1. The molecule has 1 amide bonds. The van der Waals surface area contributed by atoms with Gasteiger partial charge in [-0.05, 0) is 12.8 Å². The van der Waals surface area contributed by atoms with Gasteiger partial charge in [-0.1, -0.05) is 0 Å². The molecule has 6 nitrogen and oxygen atoms in total. The first-order chi connectivity index (χ1) is 11.9. The Morgan fingerprint density at radius 2 is 1.80 bits per heavy atom. The van der Waals surface area contributed by atoms with E-state index in [2.05, 4.69) is 9.97 Å². The Labute approximate surface area is 159 Å². The van der Waals surface area contributed by atoms with Crippen LogP contribution in [0.15, 0.2) is 12.4 Å². The number of carbonyl (C=O) groups is 1. The standard InChI is InChI=1S/C14H16F3IN4O2S/c15-14(16,17)9-7-19-13(20-8-9)21-4-1-10(2-5-21)22-6-3-11(12(22)23)24-25-18/h7-8,10-11H,1-6H2. The number of alkyl halides is 3. The molecule has 2 saturated heterocycles. The first kappa shape index (κ1) is 19.0. The molecule has 138 valence electrons. The average molecular weight is 488 g/mol. The van der Waals surface area contributed by atoms with Crippen molar-refractivity contribution in [2.24, 2.45) is 0 Å². The molecule has 1 aromatic rings. The lowest BCUT2D eigenvalue weighted by molar-refractivity contribution is -0.138. The Morgan fingerprint density at radius 1 is 1.16 bits per heavy atom. The number of likely N-dealkylation sites (tertiary alicyclic amines) is 1.